The summed E-state index contributed by atoms with van der Waals surface area (Å²) < 4.78 is 6.86. The molecule has 1 amide bonds. The summed E-state index contributed by atoms with van der Waals surface area (Å²) in [6.07, 6.45) is 4.96. The van der Waals surface area contributed by atoms with Gasteiger partial charge < -0.3 is 9.84 Å². The lowest BCUT2D eigenvalue weighted by Crippen LogP contribution is -2.40. The summed E-state index contributed by atoms with van der Waals surface area (Å²) in [5.74, 6) is -0.961. The lowest BCUT2D eigenvalue weighted by atomic mass is 10.2. The number of hydrogen-bond acceptors (Lipinski definition) is 4. The Labute approximate surface area is 132 Å². The van der Waals surface area contributed by atoms with Gasteiger partial charge >= 0.3 is 11.9 Å². The molecule has 7 nitrogen and oxygen atoms in total. The number of hydrazone groups is 1. The van der Waals surface area contributed by atoms with E-state index in [0.717, 1.165) is 0 Å². The van der Waals surface area contributed by atoms with Crippen LogP contribution in [0.4, 0.5) is 0 Å². The van der Waals surface area contributed by atoms with Crippen LogP contribution in [0.25, 0.3) is 0 Å². The Bertz CT molecular complexity index is 701. The van der Waals surface area contributed by atoms with E-state index in [4.69, 9.17) is 9.84 Å². The van der Waals surface area contributed by atoms with Crippen LogP contribution >= 0.6 is 0 Å². The van der Waals surface area contributed by atoms with Crippen molar-refractivity contribution in [2.24, 2.45) is 5.10 Å². The summed E-state index contributed by atoms with van der Waals surface area (Å²) in [4.78, 5) is 22.3. The van der Waals surface area contributed by atoms with Gasteiger partial charge in [-0.1, -0.05) is 18.2 Å². The van der Waals surface area contributed by atoms with Gasteiger partial charge in [0.15, 0.2) is 19.0 Å². The summed E-state index contributed by atoms with van der Waals surface area (Å²) in [5, 5.41) is 12.5. The molecule has 0 spiro atoms. The minimum Gasteiger partial charge on any atom is -0.481 e. The van der Waals surface area contributed by atoms with Gasteiger partial charge in [0.1, 0.15) is 5.75 Å². The molecule has 0 fully saturated rings. The summed E-state index contributed by atoms with van der Waals surface area (Å²) >= 11 is 0. The lowest BCUT2D eigenvalue weighted by molar-refractivity contribution is -0.684. The van der Waals surface area contributed by atoms with Gasteiger partial charge in [0.2, 0.25) is 6.54 Å². The number of carboxylic acids is 1. The molecule has 2 aromatic rings. The van der Waals surface area contributed by atoms with Crippen LogP contribution in [0.1, 0.15) is 5.56 Å². The normalized spacial score (nSPS) is 10.4. The number of aliphatic carboxylic acids is 1. The fourth-order valence-corrected chi connectivity index (χ4v) is 1.77. The van der Waals surface area contributed by atoms with Crippen molar-refractivity contribution in [2.75, 3.05) is 6.61 Å². The molecule has 0 aliphatic carbocycles. The van der Waals surface area contributed by atoms with Crippen molar-refractivity contribution in [2.45, 2.75) is 6.54 Å². The molecule has 1 aromatic heterocycles. The molecular weight excluding hydrogens is 298 g/mol. The van der Waals surface area contributed by atoms with Crippen molar-refractivity contribution in [3.8, 4) is 5.75 Å². The number of carbonyl (C=O) groups is 2. The molecule has 0 atom stereocenters. The van der Waals surface area contributed by atoms with Crippen LogP contribution in [-0.2, 0) is 16.1 Å². The second kappa shape index (κ2) is 8.28. The number of amides is 1. The van der Waals surface area contributed by atoms with Crippen molar-refractivity contribution in [1.82, 2.24) is 5.43 Å². The summed E-state index contributed by atoms with van der Waals surface area (Å²) in [6, 6.07) is 12.3. The number of hydrogen-bond donors (Lipinski definition) is 2. The maximum atomic E-state index is 11.7. The average molecular weight is 314 g/mol. The molecule has 0 radical (unpaired) electrons. The van der Waals surface area contributed by atoms with Gasteiger partial charge in [0.25, 0.3) is 0 Å². The van der Waals surface area contributed by atoms with Gasteiger partial charge in [-0.3, -0.25) is 4.79 Å². The third-order valence-corrected chi connectivity index (χ3v) is 2.77. The van der Waals surface area contributed by atoms with E-state index in [-0.39, 0.29) is 12.5 Å². The first kappa shape index (κ1) is 16.2. The van der Waals surface area contributed by atoms with Gasteiger partial charge in [0, 0.05) is 17.7 Å². The summed E-state index contributed by atoms with van der Waals surface area (Å²) in [7, 11) is 0. The molecule has 0 saturated carbocycles. The highest BCUT2D eigenvalue weighted by molar-refractivity contribution is 5.85. The monoisotopic (exact) mass is 314 g/mol. The number of ether oxygens (including phenoxy) is 1. The predicted molar refractivity (Wildman–Crippen MR) is 81.9 cm³/mol. The van der Waals surface area contributed by atoms with E-state index in [1.165, 1.54) is 6.21 Å². The summed E-state index contributed by atoms with van der Waals surface area (Å²) in [5.41, 5.74) is 2.98. The molecule has 7 heteroatoms. The first-order valence-electron chi connectivity index (χ1n) is 6.85. The van der Waals surface area contributed by atoms with Gasteiger partial charge in [-0.15, -0.1) is 0 Å². The van der Waals surface area contributed by atoms with Crippen LogP contribution in [0.15, 0.2) is 60.0 Å². The zero-order chi connectivity index (χ0) is 16.5. The molecule has 0 aliphatic heterocycles. The minimum atomic E-state index is -1.06. The molecule has 1 heterocycles. The molecule has 118 valence electrons. The Morgan fingerprint density at radius 3 is 2.65 bits per heavy atom. The number of carboxylic acid groups (broad SMARTS) is 1. The number of nitrogens with zero attached hydrogens (tertiary/aromatic N) is 2. The fraction of sp³-hybridized carbons (Fsp3) is 0.125. The Morgan fingerprint density at radius 1 is 1.17 bits per heavy atom. The quantitative estimate of drug-likeness (QED) is 0.444. The van der Waals surface area contributed by atoms with Crippen LogP contribution in [-0.4, -0.2) is 29.8 Å². The lowest BCUT2D eigenvalue weighted by Gasteiger charge is -2.06. The number of benzene rings is 1. The van der Waals surface area contributed by atoms with Crippen molar-refractivity contribution in [1.29, 1.82) is 0 Å². The van der Waals surface area contributed by atoms with E-state index >= 15 is 0 Å². The van der Waals surface area contributed by atoms with Crippen molar-refractivity contribution < 1.29 is 24.0 Å². The Balaban J connectivity index is 1.92. The van der Waals surface area contributed by atoms with Crippen molar-refractivity contribution >= 4 is 18.1 Å². The predicted octanol–water partition coefficient (Wildman–Crippen LogP) is 0.588. The molecule has 1 aromatic carbocycles. The molecule has 2 N–H and O–H groups in total. The molecular formula is C16H16N3O4+. The second-order valence-electron chi connectivity index (χ2n) is 4.56. The summed E-state index contributed by atoms with van der Waals surface area (Å²) in [6.45, 7) is -0.294. The number of aromatic nitrogens is 1. The molecule has 0 saturated heterocycles. The Hall–Kier alpha value is -3.22. The van der Waals surface area contributed by atoms with E-state index in [1.807, 2.05) is 18.2 Å². The first-order valence-corrected chi connectivity index (χ1v) is 6.85. The number of para-hydroxylation sites is 1. The standard InChI is InChI=1S/C16H15N3O4/c20-15(11-19-8-4-1-5-9-19)18-17-10-13-6-2-3-7-14(13)23-12-16(21)22/h1-10H,11-12H2,(H-,18,20,21,22)/p+1/b17-10-. The highest BCUT2D eigenvalue weighted by Gasteiger charge is 2.07. The van der Waals surface area contributed by atoms with Crippen molar-refractivity contribution in [3.05, 3.63) is 60.4 Å². The maximum Gasteiger partial charge on any atom is 0.341 e. The first-order chi connectivity index (χ1) is 11.1. The zero-order valence-corrected chi connectivity index (χ0v) is 12.3. The van der Waals surface area contributed by atoms with Crippen LogP contribution in [0.5, 0.6) is 5.75 Å². The third-order valence-electron chi connectivity index (χ3n) is 2.77. The van der Waals surface area contributed by atoms with E-state index in [9.17, 15) is 9.59 Å². The maximum absolute atomic E-state index is 11.7. The van der Waals surface area contributed by atoms with E-state index in [2.05, 4.69) is 10.5 Å². The molecule has 0 aliphatic rings. The fourth-order valence-electron chi connectivity index (χ4n) is 1.77. The highest BCUT2D eigenvalue weighted by atomic mass is 16.5. The Morgan fingerprint density at radius 2 is 1.91 bits per heavy atom. The second-order valence-corrected chi connectivity index (χ2v) is 4.56. The smallest absolute Gasteiger partial charge is 0.341 e. The van der Waals surface area contributed by atoms with E-state index in [0.29, 0.717) is 11.3 Å². The molecule has 23 heavy (non-hydrogen) atoms. The van der Waals surface area contributed by atoms with Crippen molar-refractivity contribution in [3.63, 3.8) is 0 Å². The van der Waals surface area contributed by atoms with Crippen LogP contribution < -0.4 is 14.7 Å². The highest BCUT2D eigenvalue weighted by Crippen LogP contribution is 2.15. The number of nitrogens with one attached hydrogen (secondary N) is 1. The zero-order valence-electron chi connectivity index (χ0n) is 12.3. The molecule has 2 rings (SSSR count). The minimum absolute atomic E-state index is 0.148. The number of carbonyl (C=O) groups excluding carboxylic acids is 1. The van der Waals surface area contributed by atoms with E-state index < -0.39 is 12.6 Å². The van der Waals surface area contributed by atoms with Gasteiger partial charge in [-0.05, 0) is 12.1 Å². The van der Waals surface area contributed by atoms with Crippen LogP contribution in [0.2, 0.25) is 0 Å². The van der Waals surface area contributed by atoms with Crippen LogP contribution in [0, 0.1) is 0 Å². The van der Waals surface area contributed by atoms with Gasteiger partial charge in [0.05, 0.1) is 6.21 Å². The van der Waals surface area contributed by atoms with Crippen LogP contribution in [0.3, 0.4) is 0 Å². The van der Waals surface area contributed by atoms with Gasteiger partial charge in [-0.25, -0.2) is 10.2 Å². The third kappa shape index (κ3) is 5.58. The van der Waals surface area contributed by atoms with Gasteiger partial charge in [-0.2, -0.15) is 9.67 Å². The Kier molecular flexibility index (Phi) is 5.81. The molecule has 0 bridgehead atoms. The topological polar surface area (TPSA) is 91.9 Å². The number of pyridine rings is 1. The molecule has 0 unspecified atom stereocenters. The van der Waals surface area contributed by atoms with E-state index in [1.54, 1.807) is 41.2 Å². The number of rotatable bonds is 7. The largest absolute Gasteiger partial charge is 0.481 e. The SMILES string of the molecule is O=C(O)COc1ccccc1/C=N\NC(=O)C[n+]1ccccc1. The average Bonchev–Trinajstić information content (AvgIpc) is 2.55.